The van der Waals surface area contributed by atoms with Crippen molar-refractivity contribution >= 4 is 5.84 Å². The van der Waals surface area contributed by atoms with Crippen molar-refractivity contribution in [1.82, 2.24) is 4.90 Å². The van der Waals surface area contributed by atoms with Crippen LogP contribution in [0.2, 0.25) is 0 Å². The van der Waals surface area contributed by atoms with Crippen LogP contribution >= 0.6 is 0 Å². The van der Waals surface area contributed by atoms with Gasteiger partial charge in [0, 0.05) is 14.1 Å². The lowest BCUT2D eigenvalue weighted by Gasteiger charge is -2.12. The molecule has 2 nitrogen and oxygen atoms in total. The van der Waals surface area contributed by atoms with Gasteiger partial charge < -0.3 is 4.90 Å². The third-order valence-electron chi connectivity index (χ3n) is 2.39. The van der Waals surface area contributed by atoms with Crippen LogP contribution < -0.4 is 0 Å². The highest BCUT2D eigenvalue weighted by Crippen LogP contribution is 2.20. The van der Waals surface area contributed by atoms with Crippen LogP contribution in [0.4, 0.5) is 4.39 Å². The van der Waals surface area contributed by atoms with E-state index >= 15 is 0 Å². The molecule has 92 valence electrons. The summed E-state index contributed by atoms with van der Waals surface area (Å²) in [5, 5.41) is 0. The Balaban J connectivity index is 5.18. The standard InChI is InChI=1S/C13H23FN2/c1-7-9-10(3)13(14)12(8-2)15-11(4)16(5)6/h9H,7-8H2,1-6H3/b10-9+,13-12+,15-11?. The van der Waals surface area contributed by atoms with Gasteiger partial charge in [-0.05, 0) is 32.3 Å². The first-order chi connectivity index (χ1) is 7.43. The number of rotatable bonds is 4. The van der Waals surface area contributed by atoms with Crippen LogP contribution in [0.3, 0.4) is 0 Å². The summed E-state index contributed by atoms with van der Waals surface area (Å²) in [5.41, 5.74) is 1.20. The quantitative estimate of drug-likeness (QED) is 0.403. The van der Waals surface area contributed by atoms with Crippen LogP contribution in [0.25, 0.3) is 0 Å². The average molecular weight is 226 g/mol. The number of aliphatic imine (C=N–C) groups is 1. The summed E-state index contributed by atoms with van der Waals surface area (Å²) < 4.78 is 14.0. The zero-order valence-electron chi connectivity index (χ0n) is 11.3. The molecule has 0 rings (SSSR count). The zero-order valence-corrected chi connectivity index (χ0v) is 11.3. The summed E-state index contributed by atoms with van der Waals surface area (Å²) in [6.45, 7) is 7.58. The van der Waals surface area contributed by atoms with Crippen molar-refractivity contribution in [3.8, 4) is 0 Å². The molecule has 0 radical (unpaired) electrons. The number of amidine groups is 1. The summed E-state index contributed by atoms with van der Waals surface area (Å²) in [6, 6.07) is 0. The monoisotopic (exact) mass is 226 g/mol. The van der Waals surface area contributed by atoms with E-state index in [1.807, 2.05) is 45.8 Å². The first-order valence-corrected chi connectivity index (χ1v) is 5.72. The van der Waals surface area contributed by atoms with Gasteiger partial charge in [-0.2, -0.15) is 0 Å². The minimum Gasteiger partial charge on any atom is -0.366 e. The number of allylic oxidation sites excluding steroid dienone is 4. The van der Waals surface area contributed by atoms with Gasteiger partial charge in [0.05, 0.1) is 5.70 Å². The van der Waals surface area contributed by atoms with Gasteiger partial charge in [-0.15, -0.1) is 0 Å². The lowest BCUT2D eigenvalue weighted by atomic mass is 10.1. The van der Waals surface area contributed by atoms with Gasteiger partial charge in [0.1, 0.15) is 11.7 Å². The maximum atomic E-state index is 14.0. The molecule has 0 aliphatic heterocycles. The van der Waals surface area contributed by atoms with Crippen molar-refractivity contribution in [2.24, 2.45) is 4.99 Å². The highest BCUT2D eigenvalue weighted by atomic mass is 19.1. The molecule has 0 heterocycles. The van der Waals surface area contributed by atoms with Crippen LogP contribution in [0.5, 0.6) is 0 Å². The molecular formula is C13H23FN2. The normalized spacial score (nSPS) is 14.9. The Bertz CT molecular complexity index is 312. The summed E-state index contributed by atoms with van der Waals surface area (Å²) in [5.74, 6) is 0.627. The van der Waals surface area contributed by atoms with Gasteiger partial charge in [-0.1, -0.05) is 19.9 Å². The number of hydrogen-bond donors (Lipinski definition) is 0. The largest absolute Gasteiger partial charge is 0.366 e. The van der Waals surface area contributed by atoms with Crippen LogP contribution in [0.15, 0.2) is 28.2 Å². The van der Waals surface area contributed by atoms with E-state index in [1.54, 1.807) is 6.92 Å². The molecule has 0 aromatic rings. The van der Waals surface area contributed by atoms with E-state index in [2.05, 4.69) is 4.99 Å². The van der Waals surface area contributed by atoms with Gasteiger partial charge >= 0.3 is 0 Å². The molecule has 0 N–H and O–H groups in total. The highest BCUT2D eigenvalue weighted by Gasteiger charge is 2.06. The van der Waals surface area contributed by atoms with Crippen LogP contribution in [0, 0.1) is 0 Å². The van der Waals surface area contributed by atoms with Gasteiger partial charge in [-0.3, -0.25) is 0 Å². The fraction of sp³-hybridized carbons (Fsp3) is 0.615. The Kier molecular flexibility index (Phi) is 6.70. The molecule has 0 fully saturated rings. The Labute approximate surface area is 98.6 Å². The number of hydrogen-bond acceptors (Lipinski definition) is 1. The molecule has 0 saturated heterocycles. The lowest BCUT2D eigenvalue weighted by molar-refractivity contribution is 0.606. The smallest absolute Gasteiger partial charge is 0.147 e. The highest BCUT2D eigenvalue weighted by molar-refractivity contribution is 5.80. The average Bonchev–Trinajstić information content (AvgIpc) is 2.24. The Morgan fingerprint density at radius 1 is 1.25 bits per heavy atom. The number of nitrogens with zero attached hydrogens (tertiary/aromatic N) is 2. The predicted octanol–water partition coefficient (Wildman–Crippen LogP) is 3.91. The van der Waals surface area contributed by atoms with Gasteiger partial charge in [0.25, 0.3) is 0 Å². The molecule has 0 aromatic heterocycles. The lowest BCUT2D eigenvalue weighted by Crippen LogP contribution is -2.18. The Morgan fingerprint density at radius 2 is 1.81 bits per heavy atom. The van der Waals surface area contributed by atoms with E-state index in [4.69, 9.17) is 0 Å². The second-order valence-corrected chi connectivity index (χ2v) is 3.96. The van der Waals surface area contributed by atoms with Crippen LogP contribution in [-0.4, -0.2) is 24.8 Å². The fourth-order valence-corrected chi connectivity index (χ4v) is 1.20. The minimum absolute atomic E-state index is 0.189. The van der Waals surface area contributed by atoms with Crippen molar-refractivity contribution < 1.29 is 4.39 Å². The Hall–Kier alpha value is -1.12. The van der Waals surface area contributed by atoms with Crippen molar-refractivity contribution in [2.45, 2.75) is 40.5 Å². The molecule has 3 heteroatoms. The maximum Gasteiger partial charge on any atom is 0.147 e. The summed E-state index contributed by atoms with van der Waals surface area (Å²) in [7, 11) is 3.80. The predicted molar refractivity (Wildman–Crippen MR) is 69.3 cm³/mol. The van der Waals surface area contributed by atoms with Crippen molar-refractivity contribution in [3.05, 3.63) is 23.2 Å². The maximum absolute atomic E-state index is 14.0. The molecule has 0 aliphatic carbocycles. The fourth-order valence-electron chi connectivity index (χ4n) is 1.20. The van der Waals surface area contributed by atoms with E-state index < -0.39 is 0 Å². The summed E-state index contributed by atoms with van der Waals surface area (Å²) >= 11 is 0. The molecule has 0 saturated carbocycles. The molecule has 0 atom stereocenters. The molecule has 0 bridgehead atoms. The second kappa shape index (κ2) is 7.20. The van der Waals surface area contributed by atoms with Gasteiger partial charge in [0.2, 0.25) is 0 Å². The van der Waals surface area contributed by atoms with Gasteiger partial charge in [0.15, 0.2) is 0 Å². The SMILES string of the molecule is CC/C=C(C)/C(F)=C(/CC)N=C(C)N(C)C. The van der Waals surface area contributed by atoms with Crippen molar-refractivity contribution in [2.75, 3.05) is 14.1 Å². The van der Waals surface area contributed by atoms with Gasteiger partial charge in [-0.25, -0.2) is 9.38 Å². The van der Waals surface area contributed by atoms with Crippen LogP contribution in [-0.2, 0) is 0 Å². The molecule has 0 aliphatic rings. The first kappa shape index (κ1) is 14.9. The number of halogens is 1. The third kappa shape index (κ3) is 4.60. The molecule has 0 amide bonds. The van der Waals surface area contributed by atoms with E-state index in [1.165, 1.54) is 0 Å². The third-order valence-corrected chi connectivity index (χ3v) is 2.39. The van der Waals surface area contributed by atoms with E-state index in [0.29, 0.717) is 17.7 Å². The zero-order chi connectivity index (χ0) is 12.7. The molecule has 0 aromatic carbocycles. The molecular weight excluding hydrogens is 203 g/mol. The second-order valence-electron chi connectivity index (χ2n) is 3.96. The van der Waals surface area contributed by atoms with Crippen molar-refractivity contribution in [3.63, 3.8) is 0 Å². The van der Waals surface area contributed by atoms with E-state index in [-0.39, 0.29) is 5.83 Å². The Morgan fingerprint density at radius 3 is 2.19 bits per heavy atom. The minimum atomic E-state index is -0.189. The van der Waals surface area contributed by atoms with Crippen molar-refractivity contribution in [1.29, 1.82) is 0 Å². The summed E-state index contributed by atoms with van der Waals surface area (Å²) in [6.07, 6.45) is 3.32. The molecule has 0 spiro atoms. The molecule has 16 heavy (non-hydrogen) atoms. The van der Waals surface area contributed by atoms with Crippen LogP contribution in [0.1, 0.15) is 40.5 Å². The topological polar surface area (TPSA) is 15.6 Å². The summed E-state index contributed by atoms with van der Waals surface area (Å²) in [4.78, 5) is 6.18. The van der Waals surface area contributed by atoms with E-state index in [0.717, 1.165) is 12.3 Å². The van der Waals surface area contributed by atoms with E-state index in [9.17, 15) is 4.39 Å². The first-order valence-electron chi connectivity index (χ1n) is 5.72. The molecule has 0 unspecified atom stereocenters.